The first-order valence-corrected chi connectivity index (χ1v) is 7.19. The van der Waals surface area contributed by atoms with Gasteiger partial charge >= 0.3 is 5.97 Å². The zero-order valence-electron chi connectivity index (χ0n) is 11.0. The summed E-state index contributed by atoms with van der Waals surface area (Å²) in [6, 6.07) is 3.87. The fraction of sp³-hybridized carbons (Fsp3) is 0.615. The van der Waals surface area contributed by atoms with Crippen molar-refractivity contribution in [1.82, 2.24) is 0 Å². The molecule has 0 saturated heterocycles. The Labute approximate surface area is 112 Å². The highest BCUT2D eigenvalue weighted by molar-refractivity contribution is 7.98. The summed E-state index contributed by atoms with van der Waals surface area (Å²) in [5.74, 6) is 2.59. The maximum atomic E-state index is 11.3. The highest BCUT2D eigenvalue weighted by atomic mass is 32.2. The largest absolute Gasteiger partial charge is 0.468 e. The van der Waals surface area contributed by atoms with Crippen LogP contribution in [-0.4, -0.2) is 24.4 Å². The van der Waals surface area contributed by atoms with Crippen molar-refractivity contribution in [1.29, 1.82) is 0 Å². The van der Waals surface area contributed by atoms with Crippen LogP contribution in [0.2, 0.25) is 0 Å². The summed E-state index contributed by atoms with van der Waals surface area (Å²) in [7, 11) is 1.37. The minimum atomic E-state index is -0.861. The standard InChI is InChI=1S/C13H21NO3S/c1-13(14,12(15)16-2)7-3-4-9-18-10-11-6-5-8-17-11/h5-6,8H,3-4,7,9-10,14H2,1-2H3. The van der Waals surface area contributed by atoms with Gasteiger partial charge in [-0.3, -0.25) is 4.79 Å². The van der Waals surface area contributed by atoms with E-state index >= 15 is 0 Å². The van der Waals surface area contributed by atoms with Gasteiger partial charge in [-0.2, -0.15) is 11.8 Å². The van der Waals surface area contributed by atoms with Crippen LogP contribution in [-0.2, 0) is 15.3 Å². The maximum Gasteiger partial charge on any atom is 0.325 e. The van der Waals surface area contributed by atoms with Crippen molar-refractivity contribution in [2.24, 2.45) is 5.73 Å². The Morgan fingerprint density at radius 1 is 1.56 bits per heavy atom. The van der Waals surface area contributed by atoms with E-state index in [1.54, 1.807) is 13.2 Å². The molecular weight excluding hydrogens is 250 g/mol. The van der Waals surface area contributed by atoms with Crippen molar-refractivity contribution in [2.45, 2.75) is 37.5 Å². The molecule has 4 nitrogen and oxygen atoms in total. The molecule has 0 aliphatic heterocycles. The van der Waals surface area contributed by atoms with E-state index in [9.17, 15) is 4.79 Å². The van der Waals surface area contributed by atoms with Gasteiger partial charge in [-0.1, -0.05) is 6.42 Å². The van der Waals surface area contributed by atoms with Crippen molar-refractivity contribution in [2.75, 3.05) is 12.9 Å². The van der Waals surface area contributed by atoms with Gasteiger partial charge in [0.05, 0.1) is 19.1 Å². The van der Waals surface area contributed by atoms with Gasteiger partial charge in [0.25, 0.3) is 0 Å². The number of methoxy groups -OCH3 is 1. The van der Waals surface area contributed by atoms with Crippen LogP contribution in [0.15, 0.2) is 22.8 Å². The summed E-state index contributed by atoms with van der Waals surface area (Å²) in [6.07, 6.45) is 4.30. The predicted octanol–water partition coefficient (Wildman–Crippen LogP) is 2.57. The number of thioether (sulfide) groups is 1. The third-order valence-corrected chi connectivity index (χ3v) is 3.78. The summed E-state index contributed by atoms with van der Waals surface area (Å²) in [5, 5.41) is 0. The Balaban J connectivity index is 2.06. The second-order valence-electron chi connectivity index (χ2n) is 4.50. The van der Waals surface area contributed by atoms with Crippen LogP contribution >= 0.6 is 11.8 Å². The number of esters is 1. The Bertz CT molecular complexity index is 349. The van der Waals surface area contributed by atoms with Gasteiger partial charge in [-0.05, 0) is 37.7 Å². The summed E-state index contributed by atoms with van der Waals surface area (Å²) in [6.45, 7) is 1.72. The smallest absolute Gasteiger partial charge is 0.325 e. The lowest BCUT2D eigenvalue weighted by atomic mass is 9.97. The molecular formula is C13H21NO3S. The minimum absolute atomic E-state index is 0.342. The van der Waals surface area contributed by atoms with Crippen molar-refractivity contribution in [3.8, 4) is 0 Å². The van der Waals surface area contributed by atoms with E-state index in [-0.39, 0.29) is 5.97 Å². The van der Waals surface area contributed by atoms with Crippen LogP contribution < -0.4 is 5.73 Å². The van der Waals surface area contributed by atoms with E-state index < -0.39 is 5.54 Å². The molecule has 1 heterocycles. The van der Waals surface area contributed by atoms with Crippen molar-refractivity contribution in [3.63, 3.8) is 0 Å². The molecule has 0 aliphatic carbocycles. The zero-order chi connectivity index (χ0) is 13.4. The fourth-order valence-electron chi connectivity index (χ4n) is 1.60. The van der Waals surface area contributed by atoms with Crippen molar-refractivity contribution >= 4 is 17.7 Å². The summed E-state index contributed by atoms with van der Waals surface area (Å²) in [5.41, 5.74) is 5.01. The minimum Gasteiger partial charge on any atom is -0.468 e. The number of unbranched alkanes of at least 4 members (excludes halogenated alkanes) is 1. The van der Waals surface area contributed by atoms with Gasteiger partial charge in [0.1, 0.15) is 11.3 Å². The van der Waals surface area contributed by atoms with Crippen LogP contribution in [0.5, 0.6) is 0 Å². The molecule has 0 bridgehead atoms. The molecule has 1 rings (SSSR count). The maximum absolute atomic E-state index is 11.3. The van der Waals surface area contributed by atoms with Gasteiger partial charge in [-0.15, -0.1) is 0 Å². The van der Waals surface area contributed by atoms with Crippen molar-refractivity contribution < 1.29 is 13.9 Å². The molecule has 1 aromatic rings. The quantitative estimate of drug-likeness (QED) is 0.581. The van der Waals surface area contributed by atoms with E-state index in [1.165, 1.54) is 7.11 Å². The van der Waals surface area contributed by atoms with Crippen LogP contribution in [0.25, 0.3) is 0 Å². The second kappa shape index (κ2) is 7.48. The third kappa shape index (κ3) is 5.14. The molecule has 0 radical (unpaired) electrons. The Morgan fingerprint density at radius 3 is 2.94 bits per heavy atom. The lowest BCUT2D eigenvalue weighted by Crippen LogP contribution is -2.45. The van der Waals surface area contributed by atoms with Crippen LogP contribution in [0.3, 0.4) is 0 Å². The Morgan fingerprint density at radius 2 is 2.33 bits per heavy atom. The second-order valence-corrected chi connectivity index (χ2v) is 5.60. The molecule has 2 N–H and O–H groups in total. The fourth-order valence-corrected chi connectivity index (χ4v) is 2.52. The average molecular weight is 271 g/mol. The SMILES string of the molecule is COC(=O)C(C)(N)CCCCSCc1ccco1. The highest BCUT2D eigenvalue weighted by Gasteiger charge is 2.28. The third-order valence-electron chi connectivity index (χ3n) is 2.71. The number of nitrogens with two attached hydrogens (primary N) is 1. The normalized spacial score (nSPS) is 14.2. The Hall–Kier alpha value is -0.940. The molecule has 0 aromatic carbocycles. The molecule has 0 spiro atoms. The number of ether oxygens (including phenoxy) is 1. The van der Waals surface area contributed by atoms with Crippen LogP contribution in [0, 0.1) is 0 Å². The topological polar surface area (TPSA) is 65.5 Å². The lowest BCUT2D eigenvalue weighted by molar-refractivity contribution is -0.146. The molecule has 0 aliphatic rings. The molecule has 0 fully saturated rings. The Kier molecular flexibility index (Phi) is 6.29. The van der Waals surface area contributed by atoms with Gasteiger partial charge in [0, 0.05) is 0 Å². The van der Waals surface area contributed by atoms with E-state index in [4.69, 9.17) is 10.2 Å². The summed E-state index contributed by atoms with van der Waals surface area (Å²) < 4.78 is 9.90. The molecule has 102 valence electrons. The summed E-state index contributed by atoms with van der Waals surface area (Å²) in [4.78, 5) is 11.3. The molecule has 1 unspecified atom stereocenters. The van der Waals surface area contributed by atoms with Gasteiger partial charge in [0.15, 0.2) is 0 Å². The molecule has 5 heteroatoms. The first-order valence-electron chi connectivity index (χ1n) is 6.03. The molecule has 1 aromatic heterocycles. The molecule has 0 saturated carbocycles. The lowest BCUT2D eigenvalue weighted by Gasteiger charge is -2.20. The first kappa shape index (κ1) is 15.1. The van der Waals surface area contributed by atoms with Gasteiger partial charge in [-0.25, -0.2) is 0 Å². The molecule has 1 atom stereocenters. The number of furan rings is 1. The monoisotopic (exact) mass is 271 g/mol. The predicted molar refractivity (Wildman–Crippen MR) is 73.3 cm³/mol. The number of hydrogen-bond donors (Lipinski definition) is 1. The number of rotatable bonds is 8. The van der Waals surface area contributed by atoms with Crippen LogP contribution in [0.1, 0.15) is 31.9 Å². The van der Waals surface area contributed by atoms with Gasteiger partial charge < -0.3 is 14.9 Å². The van der Waals surface area contributed by atoms with Gasteiger partial charge in [0.2, 0.25) is 0 Å². The molecule has 18 heavy (non-hydrogen) atoms. The van der Waals surface area contributed by atoms with E-state index in [0.717, 1.165) is 30.1 Å². The number of hydrogen-bond acceptors (Lipinski definition) is 5. The molecule has 0 amide bonds. The average Bonchev–Trinajstić information content (AvgIpc) is 2.85. The van der Waals surface area contributed by atoms with E-state index in [2.05, 4.69) is 4.74 Å². The van der Waals surface area contributed by atoms with Crippen molar-refractivity contribution in [3.05, 3.63) is 24.2 Å². The summed E-state index contributed by atoms with van der Waals surface area (Å²) >= 11 is 1.82. The zero-order valence-corrected chi connectivity index (χ0v) is 11.8. The van der Waals surface area contributed by atoms with E-state index in [1.807, 2.05) is 23.9 Å². The number of carbonyl (C=O) groups is 1. The van der Waals surface area contributed by atoms with E-state index in [0.29, 0.717) is 6.42 Å². The highest BCUT2D eigenvalue weighted by Crippen LogP contribution is 2.17. The first-order chi connectivity index (χ1) is 8.56. The van der Waals surface area contributed by atoms with Crippen LogP contribution in [0.4, 0.5) is 0 Å². The number of carbonyl (C=O) groups excluding carboxylic acids is 1.